The molecule has 0 aliphatic carbocycles. The van der Waals surface area contributed by atoms with Gasteiger partial charge in [-0.05, 0) is 5.56 Å². The third-order valence-electron chi connectivity index (χ3n) is 4.96. The van der Waals surface area contributed by atoms with E-state index < -0.39 is 0 Å². The summed E-state index contributed by atoms with van der Waals surface area (Å²) in [5.74, 6) is 0. The Kier molecular flexibility index (Phi) is 4.62. The third-order valence-corrected chi connectivity index (χ3v) is 4.96. The molecule has 144 valence electrons. The van der Waals surface area contributed by atoms with Crippen LogP contribution in [0.15, 0.2) is 102 Å². The Bertz CT molecular complexity index is 1360. The Morgan fingerprint density at radius 2 is 1.20 bits per heavy atom. The predicted molar refractivity (Wildman–Crippen MR) is 118 cm³/mol. The van der Waals surface area contributed by atoms with Gasteiger partial charge in [-0.25, -0.2) is 9.97 Å². The zero-order valence-electron chi connectivity index (χ0n) is 16.1. The van der Waals surface area contributed by atoms with Gasteiger partial charge in [0.05, 0.1) is 17.9 Å². The molecule has 0 radical (unpaired) electrons. The maximum Gasteiger partial charge on any atom is 0.300 e. The molecule has 5 nitrogen and oxygen atoms in total. The van der Waals surface area contributed by atoms with E-state index in [1.54, 1.807) is 6.33 Å². The first-order chi connectivity index (χ1) is 14.8. The lowest BCUT2D eigenvalue weighted by Crippen LogP contribution is -2.16. The summed E-state index contributed by atoms with van der Waals surface area (Å²) in [4.78, 5) is 26.3. The Morgan fingerprint density at radius 1 is 0.667 bits per heavy atom. The van der Waals surface area contributed by atoms with Crippen LogP contribution in [0.1, 0.15) is 5.56 Å². The molecule has 5 aromatic rings. The number of fused-ring (bicyclic) bond motifs is 1. The molecule has 0 bridgehead atoms. The SMILES string of the molecule is O=c1ncn(Cc2ccccc2)c2nc(-c3ccccc3)c(-c3ccccc3)nc12. The van der Waals surface area contributed by atoms with E-state index >= 15 is 0 Å². The van der Waals surface area contributed by atoms with E-state index in [2.05, 4.69) is 4.98 Å². The molecular formula is C25H18N4O. The van der Waals surface area contributed by atoms with Crippen LogP contribution in [-0.2, 0) is 6.54 Å². The summed E-state index contributed by atoms with van der Waals surface area (Å²) >= 11 is 0. The van der Waals surface area contributed by atoms with E-state index in [9.17, 15) is 4.79 Å². The molecule has 2 aromatic heterocycles. The maximum atomic E-state index is 12.6. The van der Waals surface area contributed by atoms with Crippen LogP contribution in [0.5, 0.6) is 0 Å². The van der Waals surface area contributed by atoms with Gasteiger partial charge >= 0.3 is 5.56 Å². The molecule has 0 saturated heterocycles. The van der Waals surface area contributed by atoms with Gasteiger partial charge in [-0.1, -0.05) is 91.0 Å². The monoisotopic (exact) mass is 390 g/mol. The zero-order valence-corrected chi connectivity index (χ0v) is 16.1. The third kappa shape index (κ3) is 3.37. The van der Waals surface area contributed by atoms with Crippen LogP contribution >= 0.6 is 0 Å². The first-order valence-corrected chi connectivity index (χ1v) is 9.71. The number of benzene rings is 3. The van der Waals surface area contributed by atoms with Crippen molar-refractivity contribution in [1.29, 1.82) is 0 Å². The van der Waals surface area contributed by atoms with Gasteiger partial charge in [-0.2, -0.15) is 4.98 Å². The summed E-state index contributed by atoms with van der Waals surface area (Å²) in [6.07, 6.45) is 1.54. The molecule has 0 atom stereocenters. The maximum absolute atomic E-state index is 12.6. The number of hydrogen-bond donors (Lipinski definition) is 0. The molecule has 2 heterocycles. The second-order valence-electron chi connectivity index (χ2n) is 6.99. The summed E-state index contributed by atoms with van der Waals surface area (Å²) in [6.45, 7) is 0.554. The molecule has 5 rings (SSSR count). The summed E-state index contributed by atoms with van der Waals surface area (Å²) in [7, 11) is 0. The quantitative estimate of drug-likeness (QED) is 0.451. The summed E-state index contributed by atoms with van der Waals surface area (Å²) in [5.41, 5.74) is 4.78. The molecule has 5 heteroatoms. The molecule has 0 fully saturated rings. The van der Waals surface area contributed by atoms with E-state index in [1.165, 1.54) is 0 Å². The van der Waals surface area contributed by atoms with Crippen LogP contribution in [0, 0.1) is 0 Å². The fourth-order valence-corrected chi connectivity index (χ4v) is 3.50. The average molecular weight is 390 g/mol. The lowest BCUT2D eigenvalue weighted by Gasteiger charge is -2.13. The van der Waals surface area contributed by atoms with E-state index in [0.717, 1.165) is 22.4 Å². The average Bonchev–Trinajstić information content (AvgIpc) is 2.82. The fraction of sp³-hybridized carbons (Fsp3) is 0.0400. The molecule has 0 amide bonds. The van der Waals surface area contributed by atoms with E-state index in [1.807, 2.05) is 95.6 Å². The highest BCUT2D eigenvalue weighted by molar-refractivity contribution is 5.84. The smallest absolute Gasteiger partial charge is 0.300 e. The first kappa shape index (κ1) is 17.9. The van der Waals surface area contributed by atoms with Crippen molar-refractivity contribution in [3.05, 3.63) is 113 Å². The Balaban J connectivity index is 1.78. The zero-order chi connectivity index (χ0) is 20.3. The number of rotatable bonds is 4. The van der Waals surface area contributed by atoms with Gasteiger partial charge in [0.15, 0.2) is 11.2 Å². The van der Waals surface area contributed by atoms with Gasteiger partial charge < -0.3 is 4.57 Å². The molecule has 0 aliphatic rings. The van der Waals surface area contributed by atoms with Crippen LogP contribution in [0.4, 0.5) is 0 Å². The molecule has 0 N–H and O–H groups in total. The minimum atomic E-state index is -0.376. The molecule has 0 saturated carbocycles. The topological polar surface area (TPSA) is 60.7 Å². The van der Waals surface area contributed by atoms with Gasteiger partial charge in [0.25, 0.3) is 0 Å². The normalized spacial score (nSPS) is 10.9. The summed E-state index contributed by atoms with van der Waals surface area (Å²) in [5, 5.41) is 0. The van der Waals surface area contributed by atoms with Crippen molar-refractivity contribution >= 4 is 11.2 Å². The van der Waals surface area contributed by atoms with E-state index in [0.29, 0.717) is 17.9 Å². The number of aromatic nitrogens is 4. The van der Waals surface area contributed by atoms with Gasteiger partial charge in [-0.3, -0.25) is 4.79 Å². The van der Waals surface area contributed by atoms with Crippen molar-refractivity contribution in [3.8, 4) is 22.5 Å². The minimum absolute atomic E-state index is 0.270. The number of hydrogen-bond acceptors (Lipinski definition) is 4. The molecule has 30 heavy (non-hydrogen) atoms. The van der Waals surface area contributed by atoms with Gasteiger partial charge in [0.2, 0.25) is 0 Å². The highest BCUT2D eigenvalue weighted by Crippen LogP contribution is 2.30. The van der Waals surface area contributed by atoms with Crippen molar-refractivity contribution < 1.29 is 0 Å². The van der Waals surface area contributed by atoms with Crippen LogP contribution < -0.4 is 5.56 Å². The van der Waals surface area contributed by atoms with E-state index in [4.69, 9.17) is 9.97 Å². The summed E-state index contributed by atoms with van der Waals surface area (Å²) < 4.78 is 1.88. The fourth-order valence-electron chi connectivity index (χ4n) is 3.50. The molecule has 0 unspecified atom stereocenters. The largest absolute Gasteiger partial charge is 0.311 e. The van der Waals surface area contributed by atoms with Crippen LogP contribution in [-0.4, -0.2) is 19.5 Å². The second-order valence-corrected chi connectivity index (χ2v) is 6.99. The molecule has 0 aliphatic heterocycles. The van der Waals surface area contributed by atoms with E-state index in [-0.39, 0.29) is 11.1 Å². The summed E-state index contributed by atoms with van der Waals surface area (Å²) in [6, 6.07) is 29.7. The Morgan fingerprint density at radius 3 is 1.80 bits per heavy atom. The van der Waals surface area contributed by atoms with Gasteiger partial charge in [-0.15, -0.1) is 0 Å². The van der Waals surface area contributed by atoms with Crippen LogP contribution in [0.25, 0.3) is 33.7 Å². The Hall–Kier alpha value is -4.12. The highest BCUT2D eigenvalue weighted by atomic mass is 16.1. The van der Waals surface area contributed by atoms with Gasteiger partial charge in [0.1, 0.15) is 6.33 Å². The van der Waals surface area contributed by atoms with Crippen molar-refractivity contribution in [2.75, 3.05) is 0 Å². The number of nitrogens with zero attached hydrogens (tertiary/aromatic N) is 4. The van der Waals surface area contributed by atoms with Crippen molar-refractivity contribution in [3.63, 3.8) is 0 Å². The lowest BCUT2D eigenvalue weighted by molar-refractivity contribution is 0.784. The van der Waals surface area contributed by atoms with Crippen molar-refractivity contribution in [2.45, 2.75) is 6.54 Å². The molecule has 0 spiro atoms. The molecule has 3 aromatic carbocycles. The Labute approximate surface area is 173 Å². The van der Waals surface area contributed by atoms with Crippen molar-refractivity contribution in [2.24, 2.45) is 0 Å². The second kappa shape index (κ2) is 7.72. The lowest BCUT2D eigenvalue weighted by atomic mass is 10.0. The van der Waals surface area contributed by atoms with Gasteiger partial charge in [0, 0.05) is 11.1 Å². The highest BCUT2D eigenvalue weighted by Gasteiger charge is 2.16. The molecular weight excluding hydrogens is 372 g/mol. The minimum Gasteiger partial charge on any atom is -0.311 e. The van der Waals surface area contributed by atoms with Crippen LogP contribution in [0.2, 0.25) is 0 Å². The standard InChI is InChI=1S/C25H18N4O/c30-25-23-24(29(17-26-25)16-18-10-4-1-5-11-18)28-22(20-14-8-3-9-15-20)21(27-23)19-12-6-2-7-13-19/h1-15,17H,16H2. The van der Waals surface area contributed by atoms with Crippen LogP contribution in [0.3, 0.4) is 0 Å². The first-order valence-electron chi connectivity index (χ1n) is 9.71. The predicted octanol–water partition coefficient (Wildman–Crippen LogP) is 4.57. The van der Waals surface area contributed by atoms with Crippen molar-refractivity contribution in [1.82, 2.24) is 19.5 Å².